The van der Waals surface area contributed by atoms with Crippen LogP contribution in [0.2, 0.25) is 0 Å². The van der Waals surface area contributed by atoms with E-state index >= 15 is 0 Å². The summed E-state index contributed by atoms with van der Waals surface area (Å²) in [6.45, 7) is 10.7. The summed E-state index contributed by atoms with van der Waals surface area (Å²) < 4.78 is 9.90. The van der Waals surface area contributed by atoms with Crippen molar-refractivity contribution in [3.8, 4) is 0 Å². The molecule has 5 heteroatoms. The third-order valence-electron chi connectivity index (χ3n) is 1.64. The zero-order valence-corrected chi connectivity index (χ0v) is 11.0. The Hall–Kier alpha value is -1.23. The molecule has 17 heavy (non-hydrogen) atoms. The van der Waals surface area contributed by atoms with Crippen LogP contribution in [0.5, 0.6) is 0 Å². The molecule has 0 fully saturated rings. The lowest BCUT2D eigenvalue weighted by atomic mass is 10.4. The summed E-state index contributed by atoms with van der Waals surface area (Å²) in [5.74, 6) is -0.477. The normalized spacial score (nSPS) is 11.7. The van der Waals surface area contributed by atoms with E-state index in [2.05, 4.69) is 13.2 Å². The van der Waals surface area contributed by atoms with Gasteiger partial charge in [-0.05, 0) is 5.25 Å². The molecule has 0 saturated heterocycles. The van der Waals surface area contributed by atoms with Crippen LogP contribution in [-0.4, -0.2) is 35.7 Å². The summed E-state index contributed by atoms with van der Waals surface area (Å²) in [5, 5.41) is 0.412. The number of thioether (sulfide) groups is 1. The first-order chi connectivity index (χ1) is 7.99. The highest BCUT2D eigenvalue weighted by Gasteiger charge is 2.15. The van der Waals surface area contributed by atoms with Crippen molar-refractivity contribution in [3.63, 3.8) is 0 Å². The molecule has 0 aromatic rings. The number of hydrogen-bond donors (Lipinski definition) is 0. The molecule has 0 rings (SSSR count). The molecule has 0 aliphatic heterocycles. The Balaban J connectivity index is 4.18. The molecule has 1 atom stereocenters. The molecule has 0 heterocycles. The van der Waals surface area contributed by atoms with E-state index in [9.17, 15) is 9.59 Å². The van der Waals surface area contributed by atoms with Crippen LogP contribution >= 0.6 is 11.8 Å². The summed E-state index contributed by atoms with van der Waals surface area (Å²) in [5.41, 5.74) is 0. The van der Waals surface area contributed by atoms with Gasteiger partial charge in [0.25, 0.3) is 0 Å². The molecule has 0 aromatic heterocycles. The summed E-state index contributed by atoms with van der Waals surface area (Å²) in [6, 6.07) is 0. The Bertz CT molecular complexity index is 286. The Morgan fingerprint density at radius 1 is 1.24 bits per heavy atom. The van der Waals surface area contributed by atoms with Gasteiger partial charge in [0.2, 0.25) is 0 Å². The van der Waals surface area contributed by atoms with Gasteiger partial charge in [-0.2, -0.15) is 11.8 Å². The van der Waals surface area contributed by atoms with Gasteiger partial charge in [-0.1, -0.05) is 27.0 Å². The fourth-order valence-corrected chi connectivity index (χ4v) is 1.63. The van der Waals surface area contributed by atoms with E-state index in [1.165, 1.54) is 0 Å². The highest BCUT2D eigenvalue weighted by atomic mass is 32.2. The van der Waals surface area contributed by atoms with Crippen LogP contribution < -0.4 is 0 Å². The fourth-order valence-electron chi connectivity index (χ4n) is 0.862. The van der Waals surface area contributed by atoms with Crippen LogP contribution in [0, 0.1) is 0 Å². The maximum atomic E-state index is 11.1. The SMILES string of the molecule is C=CC(=O)OCC(CSC(C)C)OC(=O)C=C. The van der Waals surface area contributed by atoms with Crippen LogP contribution in [0.3, 0.4) is 0 Å². The van der Waals surface area contributed by atoms with Gasteiger partial charge in [0, 0.05) is 17.9 Å². The monoisotopic (exact) mass is 258 g/mol. The molecule has 4 nitrogen and oxygen atoms in total. The number of rotatable bonds is 8. The van der Waals surface area contributed by atoms with E-state index in [1.54, 1.807) is 11.8 Å². The molecule has 0 amide bonds. The summed E-state index contributed by atoms with van der Waals surface area (Å²) in [4.78, 5) is 22.0. The van der Waals surface area contributed by atoms with Crippen LogP contribution in [0.15, 0.2) is 25.3 Å². The highest BCUT2D eigenvalue weighted by molar-refractivity contribution is 7.99. The predicted octanol–water partition coefficient (Wildman–Crippen LogP) is 1.95. The third kappa shape index (κ3) is 8.56. The summed E-state index contributed by atoms with van der Waals surface area (Å²) in [6.07, 6.45) is 1.70. The smallest absolute Gasteiger partial charge is 0.330 e. The van der Waals surface area contributed by atoms with Gasteiger partial charge in [0.1, 0.15) is 12.7 Å². The molecular weight excluding hydrogens is 240 g/mol. The van der Waals surface area contributed by atoms with Crippen molar-refractivity contribution in [2.45, 2.75) is 25.2 Å². The summed E-state index contributed by atoms with van der Waals surface area (Å²) in [7, 11) is 0. The average Bonchev–Trinajstić information content (AvgIpc) is 2.31. The minimum Gasteiger partial charge on any atom is -0.459 e. The van der Waals surface area contributed by atoms with Crippen LogP contribution in [0.1, 0.15) is 13.8 Å². The molecule has 0 N–H and O–H groups in total. The zero-order chi connectivity index (χ0) is 13.3. The predicted molar refractivity (Wildman–Crippen MR) is 68.8 cm³/mol. The number of hydrogen-bond acceptors (Lipinski definition) is 5. The quantitative estimate of drug-likeness (QED) is 0.492. The van der Waals surface area contributed by atoms with E-state index in [0.29, 0.717) is 11.0 Å². The van der Waals surface area contributed by atoms with Gasteiger partial charge in [0.05, 0.1) is 0 Å². The maximum Gasteiger partial charge on any atom is 0.330 e. The van der Waals surface area contributed by atoms with E-state index in [0.717, 1.165) is 12.2 Å². The Morgan fingerprint density at radius 2 is 1.82 bits per heavy atom. The number of carbonyl (C=O) groups excluding carboxylic acids is 2. The van der Waals surface area contributed by atoms with E-state index in [-0.39, 0.29) is 6.61 Å². The Labute approximate surface area is 106 Å². The fraction of sp³-hybridized carbons (Fsp3) is 0.500. The molecule has 1 unspecified atom stereocenters. The minimum absolute atomic E-state index is 0.0319. The lowest BCUT2D eigenvalue weighted by molar-refractivity contribution is -0.151. The molecule has 0 spiro atoms. The van der Waals surface area contributed by atoms with Crippen LogP contribution in [0.25, 0.3) is 0 Å². The highest BCUT2D eigenvalue weighted by Crippen LogP contribution is 2.13. The van der Waals surface area contributed by atoms with Crippen molar-refractivity contribution >= 4 is 23.7 Å². The molecule has 0 saturated carbocycles. The van der Waals surface area contributed by atoms with Gasteiger partial charge in [-0.15, -0.1) is 0 Å². The topological polar surface area (TPSA) is 52.6 Å². The van der Waals surface area contributed by atoms with Crippen molar-refractivity contribution in [1.82, 2.24) is 0 Å². The van der Waals surface area contributed by atoms with Crippen molar-refractivity contribution in [2.24, 2.45) is 0 Å². The lowest BCUT2D eigenvalue weighted by Crippen LogP contribution is -2.27. The first-order valence-electron chi connectivity index (χ1n) is 5.23. The van der Waals surface area contributed by atoms with E-state index in [4.69, 9.17) is 9.47 Å². The van der Waals surface area contributed by atoms with E-state index < -0.39 is 18.0 Å². The van der Waals surface area contributed by atoms with Crippen LogP contribution in [0.4, 0.5) is 0 Å². The molecule has 0 radical (unpaired) electrons. The standard InChI is InChI=1S/C12H18O4S/c1-5-11(13)15-7-10(8-17-9(3)4)16-12(14)6-2/h5-6,9-10H,1-2,7-8H2,3-4H3. The van der Waals surface area contributed by atoms with Crippen molar-refractivity contribution in [2.75, 3.05) is 12.4 Å². The molecule has 0 aromatic carbocycles. The second-order valence-corrected chi connectivity index (χ2v) is 5.09. The van der Waals surface area contributed by atoms with Gasteiger partial charge < -0.3 is 9.47 Å². The molecular formula is C12H18O4S. The van der Waals surface area contributed by atoms with Gasteiger partial charge in [0.15, 0.2) is 0 Å². The average molecular weight is 258 g/mol. The Kier molecular flexibility index (Phi) is 8.23. The number of ether oxygens (including phenoxy) is 2. The van der Waals surface area contributed by atoms with Gasteiger partial charge >= 0.3 is 11.9 Å². The van der Waals surface area contributed by atoms with Gasteiger partial charge in [-0.3, -0.25) is 0 Å². The number of esters is 2. The van der Waals surface area contributed by atoms with E-state index in [1.807, 2.05) is 13.8 Å². The first-order valence-corrected chi connectivity index (χ1v) is 6.28. The largest absolute Gasteiger partial charge is 0.459 e. The van der Waals surface area contributed by atoms with Crippen LogP contribution in [-0.2, 0) is 19.1 Å². The number of carbonyl (C=O) groups is 2. The third-order valence-corrected chi connectivity index (χ3v) is 2.87. The van der Waals surface area contributed by atoms with Crippen molar-refractivity contribution in [3.05, 3.63) is 25.3 Å². The second kappa shape index (κ2) is 8.87. The molecule has 0 bridgehead atoms. The van der Waals surface area contributed by atoms with Crippen molar-refractivity contribution < 1.29 is 19.1 Å². The second-order valence-electron chi connectivity index (χ2n) is 3.48. The molecule has 0 aliphatic rings. The molecule has 0 aliphatic carbocycles. The maximum absolute atomic E-state index is 11.1. The van der Waals surface area contributed by atoms with Gasteiger partial charge in [-0.25, -0.2) is 9.59 Å². The zero-order valence-electron chi connectivity index (χ0n) is 10.2. The Morgan fingerprint density at radius 3 is 2.29 bits per heavy atom. The molecule has 96 valence electrons. The van der Waals surface area contributed by atoms with Crippen molar-refractivity contribution in [1.29, 1.82) is 0 Å². The lowest BCUT2D eigenvalue weighted by Gasteiger charge is -2.17. The minimum atomic E-state index is -0.529. The first kappa shape index (κ1) is 15.8. The summed E-state index contributed by atoms with van der Waals surface area (Å²) >= 11 is 1.62.